The second kappa shape index (κ2) is 8.67. The number of hydrogen-bond acceptors (Lipinski definition) is 5. The van der Waals surface area contributed by atoms with E-state index >= 15 is 0 Å². The van der Waals surface area contributed by atoms with Gasteiger partial charge in [0.2, 0.25) is 0 Å². The van der Waals surface area contributed by atoms with Gasteiger partial charge in [-0.2, -0.15) is 0 Å². The molecular formula is C25H24O5. The molecule has 1 saturated heterocycles. The van der Waals surface area contributed by atoms with Gasteiger partial charge in [0.05, 0.1) is 18.1 Å². The average molecular weight is 404 g/mol. The number of ether oxygens (including phenoxy) is 2. The number of cyclic esters (lactones) is 1. The summed E-state index contributed by atoms with van der Waals surface area (Å²) in [6.45, 7) is 2.02. The van der Waals surface area contributed by atoms with Gasteiger partial charge in [0.1, 0.15) is 11.9 Å². The number of fused-ring (bicyclic) bond motifs is 1. The maximum absolute atomic E-state index is 12.6. The van der Waals surface area contributed by atoms with Crippen molar-refractivity contribution in [3.8, 4) is 5.75 Å². The minimum atomic E-state index is -0.646. The Bertz CT molecular complexity index is 1070. The molecule has 4 rings (SSSR count). The van der Waals surface area contributed by atoms with Crippen molar-refractivity contribution in [1.29, 1.82) is 0 Å². The van der Waals surface area contributed by atoms with Crippen molar-refractivity contribution in [3.05, 3.63) is 77.4 Å². The molecule has 1 N–H and O–H groups in total. The number of carbonyl (C=O) groups excluding carboxylic acids is 2. The largest absolute Gasteiger partial charge is 0.462 e. The molecule has 30 heavy (non-hydrogen) atoms. The van der Waals surface area contributed by atoms with Crippen LogP contribution in [0.2, 0.25) is 0 Å². The van der Waals surface area contributed by atoms with E-state index in [-0.39, 0.29) is 18.5 Å². The summed E-state index contributed by atoms with van der Waals surface area (Å²) in [5, 5.41) is 11.7. The highest BCUT2D eigenvalue weighted by molar-refractivity contribution is 5.97. The summed E-state index contributed by atoms with van der Waals surface area (Å²) in [6, 6.07) is 18.6. The van der Waals surface area contributed by atoms with Gasteiger partial charge in [-0.15, -0.1) is 0 Å². The Hall–Kier alpha value is -3.18. The molecule has 1 aliphatic rings. The van der Waals surface area contributed by atoms with Crippen molar-refractivity contribution in [3.63, 3.8) is 0 Å². The quantitative estimate of drug-likeness (QED) is 0.505. The van der Waals surface area contributed by atoms with E-state index in [0.717, 1.165) is 21.9 Å². The SMILES string of the molecule is Cc1ccc2cccc(OC(=O)c3ccccc3)c2c1CCC1CC(O)CC(=O)O1. The second-order valence-electron chi connectivity index (χ2n) is 7.72. The number of hydrogen-bond donors (Lipinski definition) is 1. The molecule has 1 aliphatic heterocycles. The molecule has 1 heterocycles. The lowest BCUT2D eigenvalue weighted by atomic mass is 9.92. The van der Waals surface area contributed by atoms with E-state index in [9.17, 15) is 14.7 Å². The highest BCUT2D eigenvalue weighted by Gasteiger charge is 2.27. The monoisotopic (exact) mass is 404 g/mol. The Labute approximate surface area is 175 Å². The van der Waals surface area contributed by atoms with Crippen molar-refractivity contribution in [2.45, 2.75) is 44.8 Å². The Morgan fingerprint density at radius 2 is 1.90 bits per heavy atom. The van der Waals surface area contributed by atoms with Gasteiger partial charge in [-0.3, -0.25) is 4.79 Å². The smallest absolute Gasteiger partial charge is 0.343 e. The molecule has 0 amide bonds. The molecule has 2 unspecified atom stereocenters. The highest BCUT2D eigenvalue weighted by atomic mass is 16.5. The van der Waals surface area contributed by atoms with Crippen LogP contribution in [0, 0.1) is 6.92 Å². The zero-order chi connectivity index (χ0) is 21.1. The number of esters is 2. The van der Waals surface area contributed by atoms with Gasteiger partial charge in [0, 0.05) is 11.8 Å². The van der Waals surface area contributed by atoms with Crippen molar-refractivity contribution in [1.82, 2.24) is 0 Å². The molecule has 0 bridgehead atoms. The molecule has 3 aromatic rings. The summed E-state index contributed by atoms with van der Waals surface area (Å²) in [4.78, 5) is 24.3. The van der Waals surface area contributed by atoms with Gasteiger partial charge in [-0.1, -0.05) is 42.5 Å². The first-order chi connectivity index (χ1) is 14.5. The van der Waals surface area contributed by atoms with Crippen LogP contribution in [-0.4, -0.2) is 29.3 Å². The van der Waals surface area contributed by atoms with Crippen LogP contribution in [-0.2, 0) is 16.0 Å². The van der Waals surface area contributed by atoms with E-state index < -0.39 is 12.1 Å². The van der Waals surface area contributed by atoms with Crippen LogP contribution in [0.4, 0.5) is 0 Å². The molecule has 2 atom stereocenters. The summed E-state index contributed by atoms with van der Waals surface area (Å²) in [7, 11) is 0. The van der Waals surface area contributed by atoms with Gasteiger partial charge >= 0.3 is 11.9 Å². The number of aryl methyl sites for hydroxylation is 2. The highest BCUT2D eigenvalue weighted by Crippen LogP contribution is 2.33. The fourth-order valence-electron chi connectivity index (χ4n) is 4.01. The first-order valence-electron chi connectivity index (χ1n) is 10.2. The number of carbonyl (C=O) groups is 2. The number of aliphatic hydroxyl groups is 1. The van der Waals surface area contributed by atoms with E-state index in [0.29, 0.717) is 30.6 Å². The first kappa shape index (κ1) is 20.1. The number of rotatable bonds is 5. The molecule has 154 valence electrons. The Morgan fingerprint density at radius 3 is 2.67 bits per heavy atom. The van der Waals surface area contributed by atoms with Gasteiger partial charge in [0.15, 0.2) is 0 Å². The maximum Gasteiger partial charge on any atom is 0.343 e. The van der Waals surface area contributed by atoms with Crippen LogP contribution < -0.4 is 4.74 Å². The lowest BCUT2D eigenvalue weighted by molar-refractivity contribution is -0.160. The van der Waals surface area contributed by atoms with Gasteiger partial charge in [-0.25, -0.2) is 4.79 Å². The number of benzene rings is 3. The standard InChI is InChI=1S/C25H24O5/c1-16-10-11-17-8-5-9-22(30-25(28)18-6-3-2-4-7-18)24(17)21(16)13-12-20-14-19(26)15-23(27)29-20/h2-11,19-20,26H,12-15H2,1H3. The van der Waals surface area contributed by atoms with E-state index in [1.807, 2.05) is 37.3 Å². The molecule has 0 aliphatic carbocycles. The summed E-state index contributed by atoms with van der Waals surface area (Å²) in [6.07, 6.45) is 0.800. The summed E-state index contributed by atoms with van der Waals surface area (Å²) >= 11 is 0. The second-order valence-corrected chi connectivity index (χ2v) is 7.72. The van der Waals surface area contributed by atoms with Crippen LogP contribution in [0.3, 0.4) is 0 Å². The summed E-state index contributed by atoms with van der Waals surface area (Å²) < 4.78 is 11.2. The number of aliphatic hydroxyl groups excluding tert-OH is 1. The average Bonchev–Trinajstić information content (AvgIpc) is 2.73. The lowest BCUT2D eigenvalue weighted by Gasteiger charge is -2.26. The zero-order valence-electron chi connectivity index (χ0n) is 16.8. The predicted molar refractivity (Wildman–Crippen MR) is 114 cm³/mol. The lowest BCUT2D eigenvalue weighted by Crippen LogP contribution is -2.32. The molecule has 0 saturated carbocycles. The van der Waals surface area contributed by atoms with Crippen molar-refractivity contribution in [2.75, 3.05) is 0 Å². The van der Waals surface area contributed by atoms with Crippen molar-refractivity contribution < 1.29 is 24.2 Å². The minimum absolute atomic E-state index is 0.0589. The third-order valence-corrected chi connectivity index (χ3v) is 5.51. The van der Waals surface area contributed by atoms with Crippen molar-refractivity contribution >= 4 is 22.7 Å². The van der Waals surface area contributed by atoms with E-state index in [4.69, 9.17) is 9.47 Å². The fraction of sp³-hybridized carbons (Fsp3) is 0.280. The van der Waals surface area contributed by atoms with Gasteiger partial charge < -0.3 is 14.6 Å². The van der Waals surface area contributed by atoms with Gasteiger partial charge in [-0.05, 0) is 54.5 Å². The summed E-state index contributed by atoms with van der Waals surface area (Å²) in [5.41, 5.74) is 2.63. The molecule has 0 radical (unpaired) electrons. The molecule has 3 aromatic carbocycles. The fourth-order valence-corrected chi connectivity index (χ4v) is 4.01. The van der Waals surface area contributed by atoms with Crippen LogP contribution in [0.1, 0.15) is 40.7 Å². The Kier molecular flexibility index (Phi) is 5.81. The van der Waals surface area contributed by atoms with Crippen LogP contribution >= 0.6 is 0 Å². The van der Waals surface area contributed by atoms with E-state index in [2.05, 4.69) is 0 Å². The van der Waals surface area contributed by atoms with Gasteiger partial charge in [0.25, 0.3) is 0 Å². The molecule has 0 spiro atoms. The third-order valence-electron chi connectivity index (χ3n) is 5.51. The Balaban J connectivity index is 1.63. The van der Waals surface area contributed by atoms with E-state index in [1.165, 1.54) is 0 Å². The molecule has 0 aromatic heterocycles. The minimum Gasteiger partial charge on any atom is -0.462 e. The molecule has 1 fully saturated rings. The van der Waals surface area contributed by atoms with Crippen LogP contribution in [0.25, 0.3) is 10.8 Å². The topological polar surface area (TPSA) is 72.8 Å². The Morgan fingerprint density at radius 1 is 1.10 bits per heavy atom. The molecule has 5 nitrogen and oxygen atoms in total. The maximum atomic E-state index is 12.6. The normalized spacial score (nSPS) is 18.8. The van der Waals surface area contributed by atoms with Crippen LogP contribution in [0.15, 0.2) is 60.7 Å². The first-order valence-corrected chi connectivity index (χ1v) is 10.2. The zero-order valence-corrected chi connectivity index (χ0v) is 16.8. The molecule has 5 heteroatoms. The predicted octanol–water partition coefficient (Wildman–Crippen LogP) is 4.37. The van der Waals surface area contributed by atoms with E-state index in [1.54, 1.807) is 30.3 Å². The summed E-state index contributed by atoms with van der Waals surface area (Å²) in [5.74, 6) is -0.244. The molecular weight excluding hydrogens is 380 g/mol. The van der Waals surface area contributed by atoms with Crippen LogP contribution in [0.5, 0.6) is 5.75 Å². The van der Waals surface area contributed by atoms with Crippen molar-refractivity contribution in [2.24, 2.45) is 0 Å². The third kappa shape index (κ3) is 4.36.